The number of rotatable bonds is 0. The largest absolute Gasteiger partial charge is 0.397 e. The average Bonchev–Trinajstić information content (AvgIpc) is 2.83. The summed E-state index contributed by atoms with van der Waals surface area (Å²) in [5.41, 5.74) is 16.1. The Labute approximate surface area is 127 Å². The first-order valence-corrected chi connectivity index (χ1v) is 6.75. The van der Waals surface area contributed by atoms with E-state index in [1.807, 2.05) is 0 Å². The molecule has 0 saturated carbocycles. The lowest BCUT2D eigenvalue weighted by Crippen LogP contribution is -2.17. The third kappa shape index (κ3) is 1.43. The molecular weight excluding hydrogens is 296 g/mol. The number of nitrogens with zero attached hydrogens (tertiary/aromatic N) is 1. The van der Waals surface area contributed by atoms with E-state index in [1.54, 1.807) is 18.2 Å². The van der Waals surface area contributed by atoms with Gasteiger partial charge in [-0.1, -0.05) is 24.3 Å². The molecule has 0 radical (unpaired) electrons. The van der Waals surface area contributed by atoms with Gasteiger partial charge in [0.2, 0.25) is 0 Å². The van der Waals surface area contributed by atoms with Crippen LogP contribution in [0.1, 0.15) is 0 Å². The first kappa shape index (κ1) is 13.2. The standard InChI is InChI=1S/C16H10N4O3/c17-11-7-8(12(18)10-9(11)15(19)20-16(10)23)14(22)6-4-2-1-3-5(6)13(7)21/h1-4H,17-18H2,(H2,19,20,23). The summed E-state index contributed by atoms with van der Waals surface area (Å²) >= 11 is 0. The van der Waals surface area contributed by atoms with E-state index in [0.717, 1.165) is 0 Å². The van der Waals surface area contributed by atoms with E-state index in [4.69, 9.17) is 17.2 Å². The normalized spacial score (nSPS) is 11.7. The van der Waals surface area contributed by atoms with Crippen molar-refractivity contribution in [3.63, 3.8) is 0 Å². The van der Waals surface area contributed by atoms with Gasteiger partial charge in [-0.3, -0.25) is 14.4 Å². The van der Waals surface area contributed by atoms with E-state index in [2.05, 4.69) is 4.98 Å². The fraction of sp³-hybridized carbons (Fsp3) is 0. The average molecular weight is 306 g/mol. The fourth-order valence-electron chi connectivity index (χ4n) is 3.12. The van der Waals surface area contributed by atoms with Crippen LogP contribution in [0.25, 0.3) is 32.3 Å². The first-order chi connectivity index (χ1) is 10.9. The van der Waals surface area contributed by atoms with Gasteiger partial charge in [0.15, 0.2) is 10.9 Å². The molecule has 112 valence electrons. The smallest absolute Gasteiger partial charge is 0.281 e. The highest BCUT2D eigenvalue weighted by atomic mass is 16.1. The van der Waals surface area contributed by atoms with Crippen LogP contribution in [-0.2, 0) is 0 Å². The van der Waals surface area contributed by atoms with Crippen LogP contribution in [0.2, 0.25) is 0 Å². The molecule has 4 rings (SSSR count). The number of fused-ring (bicyclic) bond motifs is 3. The Morgan fingerprint density at radius 3 is 1.70 bits per heavy atom. The minimum Gasteiger partial charge on any atom is -0.397 e. The topological polar surface area (TPSA) is 142 Å². The Morgan fingerprint density at radius 1 is 0.696 bits per heavy atom. The highest BCUT2D eigenvalue weighted by molar-refractivity contribution is 6.23. The number of anilines is 3. The van der Waals surface area contributed by atoms with E-state index in [9.17, 15) is 14.4 Å². The second-order valence-electron chi connectivity index (χ2n) is 5.33. The van der Waals surface area contributed by atoms with E-state index in [0.29, 0.717) is 0 Å². The molecule has 3 aromatic carbocycles. The van der Waals surface area contributed by atoms with Crippen molar-refractivity contribution in [2.24, 2.45) is 0 Å². The molecule has 7 heteroatoms. The van der Waals surface area contributed by atoms with Crippen molar-refractivity contribution in [3.8, 4) is 0 Å². The third-order valence-corrected chi connectivity index (χ3v) is 4.14. The van der Waals surface area contributed by atoms with Crippen molar-refractivity contribution in [3.05, 3.63) is 55.1 Å². The molecule has 0 amide bonds. The number of hydrogen-bond acceptors (Lipinski definition) is 7. The zero-order chi connectivity index (χ0) is 16.5. The van der Waals surface area contributed by atoms with Crippen LogP contribution in [0.3, 0.4) is 0 Å². The molecule has 0 unspecified atom stereocenters. The lowest BCUT2D eigenvalue weighted by atomic mass is 9.96. The van der Waals surface area contributed by atoms with E-state index >= 15 is 0 Å². The molecule has 1 heterocycles. The summed E-state index contributed by atoms with van der Waals surface area (Å²) in [6.07, 6.45) is 0. The summed E-state index contributed by atoms with van der Waals surface area (Å²) in [5, 5.41) is 0.526. The summed E-state index contributed by atoms with van der Waals surface area (Å²) in [5.74, 6) is -0.101. The van der Waals surface area contributed by atoms with Crippen molar-refractivity contribution in [1.82, 2.24) is 4.98 Å². The third-order valence-electron chi connectivity index (χ3n) is 4.14. The van der Waals surface area contributed by atoms with Crippen molar-refractivity contribution < 1.29 is 0 Å². The lowest BCUT2D eigenvalue weighted by molar-refractivity contribution is 1.34. The zero-order valence-corrected chi connectivity index (χ0v) is 11.7. The highest BCUT2D eigenvalue weighted by Crippen LogP contribution is 2.35. The van der Waals surface area contributed by atoms with Crippen molar-refractivity contribution >= 4 is 49.5 Å². The Morgan fingerprint density at radius 2 is 1.17 bits per heavy atom. The monoisotopic (exact) mass is 306 g/mol. The molecule has 1 aromatic heterocycles. The Bertz CT molecular complexity index is 1300. The maximum absolute atomic E-state index is 12.8. The van der Waals surface area contributed by atoms with Crippen LogP contribution in [0.15, 0.2) is 38.6 Å². The summed E-state index contributed by atoms with van der Waals surface area (Å²) in [6.45, 7) is 0. The highest BCUT2D eigenvalue weighted by Gasteiger charge is 2.23. The second kappa shape index (κ2) is 4.04. The molecule has 0 saturated heterocycles. The molecule has 0 aliphatic rings. The molecule has 23 heavy (non-hydrogen) atoms. The SMILES string of the molecule is Nc1nc(=O)c2c(N)c3c(=O)c4ccccc4c(=O)c3c(N)c12. The summed E-state index contributed by atoms with van der Waals surface area (Å²) in [7, 11) is 0. The minimum absolute atomic E-state index is 0.0146. The lowest BCUT2D eigenvalue weighted by Gasteiger charge is -2.08. The Kier molecular flexibility index (Phi) is 2.32. The van der Waals surface area contributed by atoms with E-state index in [-0.39, 0.29) is 49.5 Å². The van der Waals surface area contributed by atoms with Crippen LogP contribution in [0.5, 0.6) is 0 Å². The van der Waals surface area contributed by atoms with Crippen LogP contribution in [0, 0.1) is 0 Å². The number of nitrogens with two attached hydrogens (primary N) is 3. The maximum Gasteiger partial charge on any atom is 0.281 e. The van der Waals surface area contributed by atoms with Gasteiger partial charge >= 0.3 is 0 Å². The van der Waals surface area contributed by atoms with Gasteiger partial charge in [0.1, 0.15) is 5.82 Å². The zero-order valence-electron chi connectivity index (χ0n) is 11.7. The summed E-state index contributed by atoms with van der Waals surface area (Å²) < 4.78 is 0. The van der Waals surface area contributed by atoms with Gasteiger partial charge in [-0.25, -0.2) is 0 Å². The number of hydrogen-bond donors (Lipinski definition) is 3. The first-order valence-electron chi connectivity index (χ1n) is 6.75. The molecule has 4 aromatic rings. The Hall–Kier alpha value is -3.48. The Balaban J connectivity index is 2.53. The number of nitrogen functional groups attached to an aromatic ring is 3. The maximum atomic E-state index is 12.8. The van der Waals surface area contributed by atoms with Crippen molar-refractivity contribution in [1.29, 1.82) is 0 Å². The molecule has 7 nitrogen and oxygen atoms in total. The van der Waals surface area contributed by atoms with Crippen molar-refractivity contribution in [2.45, 2.75) is 0 Å². The van der Waals surface area contributed by atoms with E-state index < -0.39 is 16.4 Å². The van der Waals surface area contributed by atoms with Crippen molar-refractivity contribution in [2.75, 3.05) is 17.2 Å². The van der Waals surface area contributed by atoms with Gasteiger partial charge < -0.3 is 17.2 Å². The number of benzene rings is 3. The molecule has 0 bridgehead atoms. The summed E-state index contributed by atoms with van der Waals surface area (Å²) in [6, 6.07) is 6.38. The van der Waals surface area contributed by atoms with Crippen LogP contribution in [-0.4, -0.2) is 4.98 Å². The van der Waals surface area contributed by atoms with Gasteiger partial charge in [0, 0.05) is 10.8 Å². The quantitative estimate of drug-likeness (QED) is 0.240. The molecule has 0 fully saturated rings. The van der Waals surface area contributed by atoms with Gasteiger partial charge in [-0.05, 0) is 0 Å². The number of aromatic nitrogens is 1. The molecule has 0 aliphatic carbocycles. The van der Waals surface area contributed by atoms with Crippen LogP contribution >= 0.6 is 0 Å². The van der Waals surface area contributed by atoms with Crippen LogP contribution in [0.4, 0.5) is 17.2 Å². The van der Waals surface area contributed by atoms with Gasteiger partial charge in [-0.15, -0.1) is 0 Å². The van der Waals surface area contributed by atoms with Gasteiger partial charge in [0.05, 0.1) is 32.9 Å². The molecule has 6 N–H and O–H groups in total. The van der Waals surface area contributed by atoms with Gasteiger partial charge in [0.25, 0.3) is 5.56 Å². The molecule has 0 spiro atoms. The molecule has 0 atom stereocenters. The predicted molar refractivity (Wildman–Crippen MR) is 91.2 cm³/mol. The summed E-state index contributed by atoms with van der Waals surface area (Å²) in [4.78, 5) is 41.1. The minimum atomic E-state index is -0.663. The van der Waals surface area contributed by atoms with E-state index in [1.165, 1.54) is 6.07 Å². The second-order valence-corrected chi connectivity index (χ2v) is 5.33. The fourth-order valence-corrected chi connectivity index (χ4v) is 3.12. The predicted octanol–water partition coefficient (Wildman–Crippen LogP) is 0.244. The molecular formula is C16H10N4O3. The van der Waals surface area contributed by atoms with Gasteiger partial charge in [-0.2, -0.15) is 4.98 Å². The molecule has 0 aliphatic heterocycles. The van der Waals surface area contributed by atoms with Crippen LogP contribution < -0.4 is 33.6 Å².